The van der Waals surface area contributed by atoms with E-state index in [1.165, 1.54) is 31.2 Å². The summed E-state index contributed by atoms with van der Waals surface area (Å²) < 4.78 is 34.6. The Hall–Kier alpha value is 0.236. The van der Waals surface area contributed by atoms with Crippen molar-refractivity contribution in [2.24, 2.45) is 0 Å². The Bertz CT molecular complexity index is 437. The summed E-state index contributed by atoms with van der Waals surface area (Å²) in [5.41, 5.74) is 0.417. The van der Waals surface area contributed by atoms with Crippen LogP contribution in [0.15, 0.2) is 24.3 Å². The maximum absolute atomic E-state index is 10.8. The second kappa shape index (κ2) is 6.09. The molecule has 0 saturated heterocycles. The van der Waals surface area contributed by atoms with Crippen molar-refractivity contribution in [1.29, 1.82) is 0 Å². The predicted octanol–water partition coefficient (Wildman–Crippen LogP) is -2.27. The second-order valence-corrected chi connectivity index (χ2v) is 3.56. The standard InChI is InChI=1S/C8H8O5S.K/c1-6(9)7-2-4-8(5-3-7)13-14(10,11)12;/h2-5H,1H3,(H,10,11,12);/q;+1/p-1. The number of benzene rings is 1. The smallest absolute Gasteiger partial charge is 0.716 e. The minimum Gasteiger partial charge on any atom is -0.716 e. The molecule has 0 aliphatic heterocycles. The van der Waals surface area contributed by atoms with Gasteiger partial charge in [0.05, 0.1) is 0 Å². The summed E-state index contributed by atoms with van der Waals surface area (Å²) in [6.45, 7) is 1.38. The van der Waals surface area contributed by atoms with Gasteiger partial charge in [-0.05, 0) is 31.2 Å². The fourth-order valence-corrected chi connectivity index (χ4v) is 1.21. The van der Waals surface area contributed by atoms with Crippen molar-refractivity contribution in [3.63, 3.8) is 0 Å². The molecular weight excluding hydrogens is 247 g/mol. The SMILES string of the molecule is CC(=O)c1ccc(OS(=O)(=O)[O-])cc1.[K+]. The summed E-state index contributed by atoms with van der Waals surface area (Å²) in [7, 11) is -4.75. The molecule has 1 aromatic carbocycles. The van der Waals surface area contributed by atoms with Crippen LogP contribution in [0.4, 0.5) is 0 Å². The average Bonchev–Trinajstić information content (AvgIpc) is 2.02. The Morgan fingerprint density at radius 1 is 1.27 bits per heavy atom. The number of rotatable bonds is 3. The molecule has 0 heterocycles. The molecule has 7 heteroatoms. The molecule has 0 atom stereocenters. The van der Waals surface area contributed by atoms with Crippen LogP contribution in [-0.4, -0.2) is 18.8 Å². The van der Waals surface area contributed by atoms with E-state index in [0.717, 1.165) is 0 Å². The van der Waals surface area contributed by atoms with Crippen molar-refractivity contribution < 1.29 is 73.3 Å². The van der Waals surface area contributed by atoms with E-state index in [4.69, 9.17) is 0 Å². The van der Waals surface area contributed by atoms with E-state index in [1.807, 2.05) is 0 Å². The third-order valence-corrected chi connectivity index (χ3v) is 1.86. The van der Waals surface area contributed by atoms with Crippen LogP contribution in [0.5, 0.6) is 5.75 Å². The van der Waals surface area contributed by atoms with E-state index in [1.54, 1.807) is 0 Å². The van der Waals surface area contributed by atoms with Crippen molar-refractivity contribution in [1.82, 2.24) is 0 Å². The van der Waals surface area contributed by atoms with E-state index in [0.29, 0.717) is 5.56 Å². The summed E-state index contributed by atoms with van der Waals surface area (Å²) in [6, 6.07) is 5.24. The number of ketones is 1. The monoisotopic (exact) mass is 254 g/mol. The number of Topliss-reactive ketones (excluding diaryl/α,β-unsaturated/α-hetero) is 1. The molecule has 1 aromatic rings. The molecular formula is C8H7KO5S. The molecule has 15 heavy (non-hydrogen) atoms. The molecule has 0 aromatic heterocycles. The molecule has 0 bridgehead atoms. The van der Waals surface area contributed by atoms with Gasteiger partial charge in [0.2, 0.25) is 0 Å². The molecule has 0 amide bonds. The van der Waals surface area contributed by atoms with Crippen molar-refractivity contribution in [2.75, 3.05) is 0 Å². The van der Waals surface area contributed by atoms with Gasteiger partial charge < -0.3 is 8.74 Å². The quantitative estimate of drug-likeness (QED) is 0.263. The first-order chi connectivity index (χ1) is 6.38. The van der Waals surface area contributed by atoms with E-state index in [-0.39, 0.29) is 62.9 Å². The van der Waals surface area contributed by atoms with Crippen LogP contribution in [0, 0.1) is 0 Å². The molecule has 0 saturated carbocycles. The van der Waals surface area contributed by atoms with Crippen molar-refractivity contribution in [3.05, 3.63) is 29.8 Å². The molecule has 76 valence electrons. The Labute approximate surface area is 130 Å². The summed E-state index contributed by atoms with van der Waals surface area (Å²) in [5.74, 6) is -0.258. The fourth-order valence-electron chi connectivity index (χ4n) is 0.863. The van der Waals surface area contributed by atoms with Crippen LogP contribution in [-0.2, 0) is 10.4 Å². The van der Waals surface area contributed by atoms with Gasteiger partial charge in [-0.25, -0.2) is 8.42 Å². The van der Waals surface area contributed by atoms with Gasteiger partial charge in [-0.15, -0.1) is 0 Å². The molecule has 0 unspecified atom stereocenters. The van der Waals surface area contributed by atoms with Gasteiger partial charge in [-0.3, -0.25) is 4.79 Å². The van der Waals surface area contributed by atoms with E-state index in [9.17, 15) is 17.8 Å². The van der Waals surface area contributed by atoms with Crippen LogP contribution in [0.25, 0.3) is 0 Å². The third kappa shape index (κ3) is 5.76. The normalized spacial score (nSPS) is 10.3. The minimum absolute atomic E-state index is 0. The number of hydrogen-bond acceptors (Lipinski definition) is 5. The summed E-state index contributed by atoms with van der Waals surface area (Å²) in [6.07, 6.45) is 0. The van der Waals surface area contributed by atoms with Crippen LogP contribution in [0.3, 0.4) is 0 Å². The number of hydrogen-bond donors (Lipinski definition) is 0. The molecule has 0 aliphatic rings. The van der Waals surface area contributed by atoms with Crippen LogP contribution in [0.2, 0.25) is 0 Å². The maximum Gasteiger partial charge on any atom is 1.00 e. The maximum atomic E-state index is 10.8. The molecule has 0 radical (unpaired) electrons. The first-order valence-electron chi connectivity index (χ1n) is 3.65. The van der Waals surface area contributed by atoms with Gasteiger partial charge in [0.15, 0.2) is 5.78 Å². The molecule has 0 aliphatic carbocycles. The molecule has 1 rings (SSSR count). The molecule has 0 spiro atoms. The second-order valence-electron chi connectivity index (χ2n) is 2.57. The van der Waals surface area contributed by atoms with Crippen LogP contribution >= 0.6 is 0 Å². The van der Waals surface area contributed by atoms with Gasteiger partial charge >= 0.3 is 51.4 Å². The molecule has 0 N–H and O–H groups in total. The Kier molecular flexibility index (Phi) is 6.19. The first kappa shape index (κ1) is 15.2. The first-order valence-corrected chi connectivity index (χ1v) is 4.98. The van der Waals surface area contributed by atoms with Crippen molar-refractivity contribution in [2.45, 2.75) is 6.92 Å². The van der Waals surface area contributed by atoms with E-state index >= 15 is 0 Å². The summed E-state index contributed by atoms with van der Waals surface area (Å²) in [4.78, 5) is 10.8. The summed E-state index contributed by atoms with van der Waals surface area (Å²) >= 11 is 0. The topological polar surface area (TPSA) is 83.5 Å². The Morgan fingerprint density at radius 3 is 2.07 bits per heavy atom. The van der Waals surface area contributed by atoms with Crippen LogP contribution < -0.4 is 55.6 Å². The van der Waals surface area contributed by atoms with Crippen molar-refractivity contribution in [3.8, 4) is 5.75 Å². The van der Waals surface area contributed by atoms with Gasteiger partial charge in [0, 0.05) is 5.56 Å². The van der Waals surface area contributed by atoms with Crippen LogP contribution in [0.1, 0.15) is 17.3 Å². The predicted molar refractivity (Wildman–Crippen MR) is 46.8 cm³/mol. The van der Waals surface area contributed by atoms with Gasteiger partial charge in [-0.2, -0.15) is 0 Å². The Balaban J connectivity index is 0.00000196. The van der Waals surface area contributed by atoms with Gasteiger partial charge in [0.1, 0.15) is 5.75 Å². The van der Waals surface area contributed by atoms with E-state index < -0.39 is 10.4 Å². The number of carbonyl (C=O) groups is 1. The summed E-state index contributed by atoms with van der Waals surface area (Å²) in [5, 5.41) is 0. The van der Waals surface area contributed by atoms with Gasteiger partial charge in [0.25, 0.3) is 10.4 Å². The molecule has 0 fully saturated rings. The third-order valence-electron chi connectivity index (χ3n) is 1.46. The van der Waals surface area contributed by atoms with Gasteiger partial charge in [-0.1, -0.05) is 0 Å². The van der Waals surface area contributed by atoms with Crippen molar-refractivity contribution >= 4 is 16.2 Å². The average molecular weight is 254 g/mol. The zero-order valence-electron chi connectivity index (χ0n) is 8.26. The fraction of sp³-hybridized carbons (Fsp3) is 0.125. The zero-order valence-corrected chi connectivity index (χ0v) is 12.2. The van der Waals surface area contributed by atoms with E-state index in [2.05, 4.69) is 4.18 Å². The Morgan fingerprint density at radius 2 is 1.73 bits per heavy atom. The molecule has 5 nitrogen and oxygen atoms in total. The number of carbonyl (C=O) groups excluding carboxylic acids is 1. The largest absolute Gasteiger partial charge is 1.00 e. The minimum atomic E-state index is -4.75. The zero-order chi connectivity index (χ0) is 10.8.